The molecule has 0 saturated heterocycles. The Morgan fingerprint density at radius 3 is 1.41 bits per heavy atom. The van der Waals surface area contributed by atoms with Gasteiger partial charge in [-0.2, -0.15) is 0 Å². The highest BCUT2D eigenvalue weighted by molar-refractivity contribution is 14.1. The van der Waals surface area contributed by atoms with Gasteiger partial charge in [0.05, 0.1) is 24.0 Å². The van der Waals surface area contributed by atoms with E-state index in [1.165, 1.54) is 0 Å². The maximum absolute atomic E-state index is 11.0. The molecule has 0 aliphatic rings. The van der Waals surface area contributed by atoms with Crippen LogP contribution in [-0.2, 0) is 0 Å². The Morgan fingerprint density at radius 1 is 0.882 bits per heavy atom. The van der Waals surface area contributed by atoms with E-state index in [2.05, 4.69) is 0 Å². The Bertz CT molecular complexity index is 461. The molecule has 6 N–H and O–H groups in total. The molecule has 9 heteroatoms. The molecule has 0 spiro atoms. The third-order valence-electron chi connectivity index (χ3n) is 1.78. The molecule has 0 atom stereocenters. The zero-order valence-corrected chi connectivity index (χ0v) is 14.4. The number of anilines is 1. The van der Waals surface area contributed by atoms with Crippen LogP contribution >= 0.6 is 67.8 Å². The number of hydrogen-bond donors (Lipinski definition) is 3. The van der Waals surface area contributed by atoms with Gasteiger partial charge in [-0.05, 0) is 67.8 Å². The third-order valence-corrected chi connectivity index (χ3v) is 5.10. The molecular weight excluding hydrogens is 571 g/mol. The van der Waals surface area contributed by atoms with Crippen molar-refractivity contribution >= 4 is 85.4 Å². The summed E-state index contributed by atoms with van der Waals surface area (Å²) in [4.78, 5) is 22.0. The molecule has 0 bridgehead atoms. The Labute approximate surface area is 137 Å². The quantitative estimate of drug-likeness (QED) is 0.364. The standard InChI is InChI=1S/C8H4I3NO4.H2O/c9-3-1(7(13)14)4(10)6(12)5(11)2(3)8(15)16;/h12H2,(H,13,14)(H,15,16);1H2. The van der Waals surface area contributed by atoms with Gasteiger partial charge in [-0.15, -0.1) is 0 Å². The monoisotopic (exact) mass is 577 g/mol. The first-order valence-corrected chi connectivity index (χ1v) is 6.95. The second-order valence-electron chi connectivity index (χ2n) is 2.72. The molecule has 0 unspecified atom stereocenters. The van der Waals surface area contributed by atoms with Gasteiger partial charge in [-0.3, -0.25) is 0 Å². The predicted octanol–water partition coefficient (Wildman–Crippen LogP) is 1.65. The molecule has 6 nitrogen and oxygen atoms in total. The molecule has 1 aromatic rings. The van der Waals surface area contributed by atoms with Crippen LogP contribution in [0.3, 0.4) is 0 Å². The summed E-state index contributed by atoms with van der Waals surface area (Å²) >= 11 is 5.32. The molecule has 0 aliphatic carbocycles. The molecule has 0 radical (unpaired) electrons. The normalized spacial score (nSPS) is 9.59. The number of aromatic carboxylic acids is 2. The second kappa shape index (κ2) is 6.33. The minimum atomic E-state index is -1.18. The zero-order valence-electron chi connectivity index (χ0n) is 7.92. The van der Waals surface area contributed by atoms with E-state index in [0.29, 0.717) is 7.14 Å². The fourth-order valence-electron chi connectivity index (χ4n) is 1.06. The summed E-state index contributed by atoms with van der Waals surface area (Å²) in [7, 11) is 0. The molecule has 1 aromatic carbocycles. The van der Waals surface area contributed by atoms with Gasteiger partial charge in [-0.25, -0.2) is 9.59 Å². The number of nitrogen functional groups attached to an aromatic ring is 1. The molecule has 0 saturated carbocycles. The van der Waals surface area contributed by atoms with Crippen LogP contribution in [-0.4, -0.2) is 27.6 Å². The van der Waals surface area contributed by atoms with Crippen LogP contribution in [0, 0.1) is 10.7 Å². The first-order chi connectivity index (χ1) is 7.29. The molecule has 1 rings (SSSR count). The van der Waals surface area contributed by atoms with E-state index in [0.717, 1.165) is 0 Å². The van der Waals surface area contributed by atoms with Crippen molar-refractivity contribution in [3.8, 4) is 0 Å². The first kappa shape index (κ1) is 17.1. The second-order valence-corrected chi connectivity index (χ2v) is 5.95. The number of halogens is 3. The molecule has 0 heterocycles. The lowest BCUT2D eigenvalue weighted by molar-refractivity contribution is 0.0694. The molecule has 0 fully saturated rings. The lowest BCUT2D eigenvalue weighted by Gasteiger charge is -2.12. The molecule has 17 heavy (non-hydrogen) atoms. The number of carboxylic acid groups (broad SMARTS) is 2. The van der Waals surface area contributed by atoms with Crippen LogP contribution in [0.4, 0.5) is 5.69 Å². The van der Waals surface area contributed by atoms with E-state index in [4.69, 9.17) is 15.9 Å². The van der Waals surface area contributed by atoms with E-state index in [9.17, 15) is 9.59 Å². The van der Waals surface area contributed by atoms with Gasteiger partial charge in [0.25, 0.3) is 0 Å². The number of carboxylic acids is 2. The third kappa shape index (κ3) is 3.11. The van der Waals surface area contributed by atoms with Crippen molar-refractivity contribution in [3.05, 3.63) is 21.8 Å². The summed E-state index contributed by atoms with van der Waals surface area (Å²) in [6, 6.07) is 0. The SMILES string of the molecule is Nc1c(I)c(C(=O)O)c(I)c(C(=O)O)c1I.O. The average Bonchev–Trinajstić information content (AvgIpc) is 2.13. The van der Waals surface area contributed by atoms with Crippen LogP contribution in [0.1, 0.15) is 20.7 Å². The number of benzene rings is 1. The number of nitrogens with two attached hydrogens (primary N) is 1. The van der Waals surface area contributed by atoms with Crippen LogP contribution in [0.15, 0.2) is 0 Å². The van der Waals surface area contributed by atoms with Crippen molar-refractivity contribution in [1.29, 1.82) is 0 Å². The minimum Gasteiger partial charge on any atom is -0.478 e. The predicted molar refractivity (Wildman–Crippen MR) is 86.5 cm³/mol. The lowest BCUT2D eigenvalue weighted by atomic mass is 10.1. The van der Waals surface area contributed by atoms with Gasteiger partial charge in [0.1, 0.15) is 0 Å². The summed E-state index contributed by atoms with van der Waals surface area (Å²) in [5.74, 6) is -2.36. The zero-order chi connectivity index (χ0) is 12.6. The van der Waals surface area contributed by atoms with Crippen LogP contribution < -0.4 is 5.73 Å². The van der Waals surface area contributed by atoms with Gasteiger partial charge in [0, 0.05) is 3.57 Å². The Hall–Kier alpha value is 0.110. The Kier molecular flexibility index (Phi) is 6.37. The Morgan fingerprint density at radius 2 is 1.18 bits per heavy atom. The van der Waals surface area contributed by atoms with E-state index >= 15 is 0 Å². The highest BCUT2D eigenvalue weighted by Crippen LogP contribution is 2.33. The largest absolute Gasteiger partial charge is 0.478 e. The molecule has 0 aliphatic heterocycles. The summed E-state index contributed by atoms with van der Waals surface area (Å²) in [6.07, 6.45) is 0. The molecular formula is C8H6I3NO5. The van der Waals surface area contributed by atoms with E-state index in [-0.39, 0.29) is 25.9 Å². The van der Waals surface area contributed by atoms with E-state index in [1.54, 1.807) is 67.8 Å². The minimum absolute atomic E-state index is 0. The van der Waals surface area contributed by atoms with Crippen molar-refractivity contribution in [2.45, 2.75) is 0 Å². The fourth-order valence-corrected chi connectivity index (χ4v) is 5.15. The van der Waals surface area contributed by atoms with Crippen LogP contribution in [0.5, 0.6) is 0 Å². The van der Waals surface area contributed by atoms with Gasteiger partial charge in [0.15, 0.2) is 0 Å². The average molecular weight is 577 g/mol. The van der Waals surface area contributed by atoms with Crippen molar-refractivity contribution in [2.24, 2.45) is 0 Å². The Balaban J connectivity index is 0.00000256. The van der Waals surface area contributed by atoms with Gasteiger partial charge in [0.2, 0.25) is 0 Å². The van der Waals surface area contributed by atoms with Crippen molar-refractivity contribution in [1.82, 2.24) is 0 Å². The van der Waals surface area contributed by atoms with Crippen molar-refractivity contribution in [2.75, 3.05) is 5.73 Å². The number of carbonyl (C=O) groups is 2. The topological polar surface area (TPSA) is 132 Å². The van der Waals surface area contributed by atoms with E-state index < -0.39 is 11.9 Å². The molecule has 94 valence electrons. The molecule has 0 amide bonds. The molecule has 0 aromatic heterocycles. The lowest BCUT2D eigenvalue weighted by Crippen LogP contribution is -2.14. The summed E-state index contributed by atoms with van der Waals surface area (Å²) in [5, 5.41) is 18.0. The summed E-state index contributed by atoms with van der Waals surface area (Å²) < 4.78 is 0.924. The number of hydrogen-bond acceptors (Lipinski definition) is 3. The van der Waals surface area contributed by atoms with Crippen molar-refractivity contribution in [3.63, 3.8) is 0 Å². The fraction of sp³-hybridized carbons (Fsp3) is 0. The van der Waals surface area contributed by atoms with E-state index in [1.807, 2.05) is 0 Å². The van der Waals surface area contributed by atoms with Crippen LogP contribution in [0.2, 0.25) is 0 Å². The summed E-state index contributed by atoms with van der Waals surface area (Å²) in [6.45, 7) is 0. The highest BCUT2D eigenvalue weighted by atomic mass is 127. The van der Waals surface area contributed by atoms with Gasteiger partial charge < -0.3 is 21.4 Å². The number of rotatable bonds is 2. The van der Waals surface area contributed by atoms with Gasteiger partial charge >= 0.3 is 11.9 Å². The smallest absolute Gasteiger partial charge is 0.337 e. The van der Waals surface area contributed by atoms with Crippen LogP contribution in [0.25, 0.3) is 0 Å². The highest BCUT2D eigenvalue weighted by Gasteiger charge is 2.26. The maximum Gasteiger partial charge on any atom is 0.337 e. The van der Waals surface area contributed by atoms with Gasteiger partial charge in [-0.1, -0.05) is 0 Å². The van der Waals surface area contributed by atoms with Crippen molar-refractivity contribution < 1.29 is 25.3 Å². The summed E-state index contributed by atoms with van der Waals surface area (Å²) in [5.41, 5.74) is 5.76. The maximum atomic E-state index is 11.0. The first-order valence-electron chi connectivity index (χ1n) is 3.71.